The Hall–Kier alpha value is -2.62. The lowest BCUT2D eigenvalue weighted by Gasteiger charge is -2.30. The average Bonchev–Trinajstić information content (AvgIpc) is 2.91. The van der Waals surface area contributed by atoms with E-state index in [0.717, 1.165) is 12.0 Å². The highest BCUT2D eigenvalue weighted by Gasteiger charge is 2.46. The molecule has 2 aliphatic rings. The van der Waals surface area contributed by atoms with E-state index < -0.39 is 5.97 Å². The minimum absolute atomic E-state index is 0.117. The Morgan fingerprint density at radius 3 is 2.17 bits per heavy atom. The quantitative estimate of drug-likeness (QED) is 0.641. The average molecular weight is 322 g/mol. The van der Waals surface area contributed by atoms with Gasteiger partial charge in [0.1, 0.15) is 0 Å². The molecule has 0 spiro atoms. The van der Waals surface area contributed by atoms with Gasteiger partial charge in [-0.05, 0) is 28.7 Å². The van der Waals surface area contributed by atoms with E-state index >= 15 is 0 Å². The maximum absolute atomic E-state index is 12.7. The van der Waals surface area contributed by atoms with Crippen molar-refractivity contribution in [2.75, 3.05) is 6.79 Å². The van der Waals surface area contributed by atoms with Crippen molar-refractivity contribution in [3.8, 4) is 0 Å². The van der Waals surface area contributed by atoms with Gasteiger partial charge in [0.05, 0.1) is 5.92 Å². The molecule has 4 nitrogen and oxygen atoms in total. The summed E-state index contributed by atoms with van der Waals surface area (Å²) < 4.78 is 9.99. The molecule has 2 aromatic rings. The van der Waals surface area contributed by atoms with Gasteiger partial charge in [0.25, 0.3) is 0 Å². The molecule has 3 atom stereocenters. The molecule has 122 valence electrons. The van der Waals surface area contributed by atoms with Gasteiger partial charge in [0.2, 0.25) is 6.79 Å². The highest BCUT2D eigenvalue weighted by atomic mass is 16.7. The summed E-state index contributed by atoms with van der Waals surface area (Å²) in [7, 11) is 0. The molecule has 0 aliphatic heterocycles. The van der Waals surface area contributed by atoms with Crippen LogP contribution in [0.1, 0.15) is 53.4 Å². The highest BCUT2D eigenvalue weighted by Crippen LogP contribution is 2.57. The Morgan fingerprint density at radius 1 is 0.917 bits per heavy atom. The first kappa shape index (κ1) is 14.9. The van der Waals surface area contributed by atoms with Crippen LogP contribution in [0.4, 0.5) is 0 Å². The number of hydrogen-bond donors (Lipinski definition) is 0. The van der Waals surface area contributed by atoms with Gasteiger partial charge < -0.3 is 9.47 Å². The molecule has 0 saturated carbocycles. The lowest BCUT2D eigenvalue weighted by Crippen LogP contribution is -2.26. The van der Waals surface area contributed by atoms with Gasteiger partial charge in [0.15, 0.2) is 0 Å². The van der Waals surface area contributed by atoms with E-state index in [2.05, 4.69) is 24.3 Å². The predicted octanol–water partition coefficient (Wildman–Crippen LogP) is 3.47. The monoisotopic (exact) mass is 322 g/mol. The molecule has 0 N–H and O–H groups in total. The summed E-state index contributed by atoms with van der Waals surface area (Å²) >= 11 is 0. The molecule has 0 amide bonds. The van der Waals surface area contributed by atoms with Crippen molar-refractivity contribution in [1.82, 2.24) is 0 Å². The summed E-state index contributed by atoms with van der Waals surface area (Å²) in [4.78, 5) is 23.6. The lowest BCUT2D eigenvalue weighted by molar-refractivity contribution is -0.167. The molecule has 0 heterocycles. The number of hydrogen-bond acceptors (Lipinski definition) is 4. The first-order chi connectivity index (χ1) is 11.7. The Kier molecular flexibility index (Phi) is 3.60. The zero-order valence-electron chi connectivity index (χ0n) is 13.4. The van der Waals surface area contributed by atoms with Crippen molar-refractivity contribution >= 4 is 11.9 Å². The van der Waals surface area contributed by atoms with E-state index in [9.17, 15) is 9.59 Å². The van der Waals surface area contributed by atoms with Crippen molar-refractivity contribution in [3.05, 3.63) is 70.8 Å². The van der Waals surface area contributed by atoms with Crippen LogP contribution in [-0.2, 0) is 19.1 Å². The van der Waals surface area contributed by atoms with Gasteiger partial charge >= 0.3 is 11.9 Å². The second-order valence-corrected chi connectivity index (χ2v) is 6.35. The molecule has 24 heavy (non-hydrogen) atoms. The lowest BCUT2D eigenvalue weighted by atomic mass is 9.74. The second-order valence-electron chi connectivity index (χ2n) is 6.35. The molecule has 4 rings (SSSR count). The van der Waals surface area contributed by atoms with Crippen LogP contribution in [0.15, 0.2) is 48.5 Å². The molecule has 4 heteroatoms. The van der Waals surface area contributed by atoms with E-state index in [4.69, 9.17) is 9.47 Å². The largest absolute Gasteiger partial charge is 0.428 e. The molecule has 0 aromatic heterocycles. The fourth-order valence-corrected chi connectivity index (χ4v) is 4.16. The minimum atomic E-state index is -0.460. The number of ether oxygens (including phenoxy) is 2. The predicted molar refractivity (Wildman–Crippen MR) is 87.6 cm³/mol. The minimum Gasteiger partial charge on any atom is -0.428 e. The van der Waals surface area contributed by atoms with Gasteiger partial charge in [-0.3, -0.25) is 9.59 Å². The Labute approximate surface area is 140 Å². The Balaban J connectivity index is 1.72. The van der Waals surface area contributed by atoms with Crippen molar-refractivity contribution in [1.29, 1.82) is 0 Å². The number of fused-ring (bicyclic) bond motifs is 7. The van der Waals surface area contributed by atoms with Crippen molar-refractivity contribution < 1.29 is 19.1 Å². The summed E-state index contributed by atoms with van der Waals surface area (Å²) in [6.07, 6.45) is 0.920. The summed E-state index contributed by atoms with van der Waals surface area (Å²) in [5.74, 6) is -0.676. The van der Waals surface area contributed by atoms with Gasteiger partial charge in [0, 0.05) is 18.8 Å². The van der Waals surface area contributed by atoms with Crippen LogP contribution >= 0.6 is 0 Å². The molecule has 0 saturated heterocycles. The third kappa shape index (κ3) is 2.30. The summed E-state index contributed by atoms with van der Waals surface area (Å²) in [6.45, 7) is 0.964. The summed E-state index contributed by atoms with van der Waals surface area (Å²) in [6, 6.07) is 16.4. The second kappa shape index (κ2) is 5.78. The van der Waals surface area contributed by atoms with Crippen LogP contribution < -0.4 is 0 Å². The number of benzene rings is 2. The molecule has 0 radical (unpaired) electrons. The van der Waals surface area contributed by atoms with E-state index in [0.29, 0.717) is 5.92 Å². The van der Waals surface area contributed by atoms with Crippen LogP contribution in [0.2, 0.25) is 0 Å². The van der Waals surface area contributed by atoms with E-state index in [1.165, 1.54) is 23.6 Å². The van der Waals surface area contributed by atoms with Crippen molar-refractivity contribution in [3.63, 3.8) is 0 Å². The number of esters is 2. The maximum atomic E-state index is 12.7. The molecular formula is C20H18O4. The molecule has 3 unspecified atom stereocenters. The molecule has 2 bridgehead atoms. The fraction of sp³-hybridized carbons (Fsp3) is 0.300. The normalized spacial score (nSPS) is 23.1. The standard InChI is InChI=1S/C20H18O4/c1-12(21)23-11-24-20(22)19-16-9-5-4-8-15(16)17-10-18(19)14-7-3-2-6-13(14)17/h2-9,17-19H,10-11H2,1H3. The van der Waals surface area contributed by atoms with E-state index in [1.807, 2.05) is 24.3 Å². The van der Waals surface area contributed by atoms with Gasteiger partial charge in [-0.1, -0.05) is 48.5 Å². The highest BCUT2D eigenvalue weighted by molar-refractivity contribution is 5.82. The maximum Gasteiger partial charge on any atom is 0.316 e. The zero-order valence-corrected chi connectivity index (χ0v) is 13.4. The van der Waals surface area contributed by atoms with Gasteiger partial charge in [-0.15, -0.1) is 0 Å². The van der Waals surface area contributed by atoms with Gasteiger partial charge in [-0.25, -0.2) is 0 Å². The van der Waals surface area contributed by atoms with Crippen LogP contribution in [0.3, 0.4) is 0 Å². The van der Waals surface area contributed by atoms with Crippen molar-refractivity contribution in [2.24, 2.45) is 0 Å². The van der Waals surface area contributed by atoms with Crippen LogP contribution in [-0.4, -0.2) is 18.7 Å². The third-order valence-corrected chi connectivity index (χ3v) is 5.09. The number of carbonyl (C=O) groups excluding carboxylic acids is 2. The third-order valence-electron chi connectivity index (χ3n) is 5.09. The fourth-order valence-electron chi connectivity index (χ4n) is 4.16. The van der Waals surface area contributed by atoms with E-state index in [-0.39, 0.29) is 24.6 Å². The van der Waals surface area contributed by atoms with Crippen LogP contribution in [0.5, 0.6) is 0 Å². The number of carbonyl (C=O) groups is 2. The SMILES string of the molecule is CC(=O)OCOC(=O)C1c2ccccc2C2CC1c1ccccc12. The van der Waals surface area contributed by atoms with Crippen LogP contribution in [0.25, 0.3) is 0 Å². The summed E-state index contributed by atoms with van der Waals surface area (Å²) in [5.41, 5.74) is 4.77. The first-order valence-electron chi connectivity index (χ1n) is 8.14. The van der Waals surface area contributed by atoms with Crippen LogP contribution in [0, 0.1) is 0 Å². The topological polar surface area (TPSA) is 52.6 Å². The Bertz CT molecular complexity index is 811. The molecule has 2 aliphatic carbocycles. The molecular weight excluding hydrogens is 304 g/mol. The van der Waals surface area contributed by atoms with Crippen molar-refractivity contribution in [2.45, 2.75) is 31.1 Å². The van der Waals surface area contributed by atoms with Gasteiger partial charge in [-0.2, -0.15) is 0 Å². The van der Waals surface area contributed by atoms with E-state index in [1.54, 1.807) is 0 Å². The molecule has 0 fully saturated rings. The smallest absolute Gasteiger partial charge is 0.316 e. The number of rotatable bonds is 3. The summed E-state index contributed by atoms with van der Waals surface area (Å²) in [5, 5.41) is 0. The molecule has 2 aromatic carbocycles. The Morgan fingerprint density at radius 2 is 1.50 bits per heavy atom. The zero-order chi connectivity index (χ0) is 16.7. The first-order valence-corrected chi connectivity index (χ1v) is 8.14.